The van der Waals surface area contributed by atoms with Crippen LogP contribution in [0, 0.1) is 0 Å². The number of para-hydroxylation sites is 1. The number of rotatable bonds is 7. The van der Waals surface area contributed by atoms with Crippen LogP contribution in [0.1, 0.15) is 13.8 Å². The van der Waals surface area contributed by atoms with Crippen LogP contribution in [-0.4, -0.2) is 36.4 Å². The number of fused-ring (bicyclic) bond motifs is 1. The summed E-state index contributed by atoms with van der Waals surface area (Å²) in [5.41, 5.74) is 3.64. The van der Waals surface area contributed by atoms with E-state index in [4.69, 9.17) is 9.47 Å². The second-order valence-electron chi connectivity index (χ2n) is 4.71. The van der Waals surface area contributed by atoms with Crippen molar-refractivity contribution in [3.63, 3.8) is 0 Å². The van der Waals surface area contributed by atoms with Crippen molar-refractivity contribution < 1.29 is 14.3 Å². The van der Waals surface area contributed by atoms with Crippen molar-refractivity contribution in [3.8, 4) is 0 Å². The zero-order valence-corrected chi connectivity index (χ0v) is 13.9. The predicted molar refractivity (Wildman–Crippen MR) is 86.4 cm³/mol. The number of carbonyl (C=O) groups is 1. The van der Waals surface area contributed by atoms with Gasteiger partial charge in [-0.25, -0.2) is 5.43 Å². The zero-order chi connectivity index (χ0) is 15.9. The van der Waals surface area contributed by atoms with Crippen molar-refractivity contribution >= 4 is 27.5 Å². The molecule has 2 rings (SSSR count). The summed E-state index contributed by atoms with van der Waals surface area (Å²) in [5, 5.41) is 4.18. The number of amides is 1. The largest absolute Gasteiger partial charge is 0.379 e. The predicted octanol–water partition coefficient (Wildman–Crippen LogP) is 1.61. The number of nitrogens with zero attached hydrogens (tertiary/aromatic N) is 2. The fourth-order valence-electron chi connectivity index (χ4n) is 1.89. The van der Waals surface area contributed by atoms with Crippen LogP contribution in [0.2, 0.25) is 0 Å². The van der Waals surface area contributed by atoms with Gasteiger partial charge in [-0.15, -0.1) is 5.10 Å². The smallest absolute Gasteiger partial charge is 0.268 e. The second kappa shape index (κ2) is 8.07. The van der Waals surface area contributed by atoms with E-state index in [1.807, 2.05) is 42.8 Å². The highest BCUT2D eigenvalue weighted by atomic mass is 32.1. The van der Waals surface area contributed by atoms with Crippen molar-refractivity contribution in [3.05, 3.63) is 29.1 Å². The third-order valence-corrected chi connectivity index (χ3v) is 4.26. The Hall–Kier alpha value is -1.70. The van der Waals surface area contributed by atoms with Gasteiger partial charge in [-0.2, -0.15) is 0 Å². The minimum Gasteiger partial charge on any atom is -0.379 e. The number of aromatic nitrogens is 1. The van der Waals surface area contributed by atoms with Crippen LogP contribution in [0.15, 0.2) is 29.4 Å². The van der Waals surface area contributed by atoms with Gasteiger partial charge in [-0.05, 0) is 26.0 Å². The molecule has 0 spiro atoms. The van der Waals surface area contributed by atoms with E-state index in [-0.39, 0.29) is 5.91 Å². The monoisotopic (exact) mass is 323 g/mol. The summed E-state index contributed by atoms with van der Waals surface area (Å²) in [7, 11) is 1.92. The van der Waals surface area contributed by atoms with Gasteiger partial charge in [0, 0.05) is 13.7 Å². The number of ether oxygens (including phenoxy) is 2. The Balaban J connectivity index is 1.97. The third kappa shape index (κ3) is 4.16. The third-order valence-electron chi connectivity index (χ3n) is 3.15. The molecule has 1 amide bonds. The van der Waals surface area contributed by atoms with Gasteiger partial charge >= 0.3 is 0 Å². The summed E-state index contributed by atoms with van der Waals surface area (Å²) in [4.78, 5) is 12.7. The summed E-state index contributed by atoms with van der Waals surface area (Å²) in [5.74, 6) is -0.269. The lowest BCUT2D eigenvalue weighted by atomic mass is 10.3. The van der Waals surface area contributed by atoms with E-state index < -0.39 is 6.10 Å². The molecular weight excluding hydrogens is 302 g/mol. The molecule has 6 nitrogen and oxygen atoms in total. The first-order valence-electron chi connectivity index (χ1n) is 7.21. The fraction of sp³-hybridized carbons (Fsp3) is 0.467. The van der Waals surface area contributed by atoms with E-state index in [0.29, 0.717) is 19.8 Å². The molecule has 0 aliphatic rings. The van der Waals surface area contributed by atoms with Crippen LogP contribution in [-0.2, 0) is 21.3 Å². The lowest BCUT2D eigenvalue weighted by molar-refractivity contribution is -0.132. The molecule has 0 radical (unpaired) electrons. The molecule has 1 atom stereocenters. The molecule has 120 valence electrons. The highest BCUT2D eigenvalue weighted by Crippen LogP contribution is 2.14. The summed E-state index contributed by atoms with van der Waals surface area (Å²) in [6, 6.07) is 8.01. The van der Waals surface area contributed by atoms with Gasteiger partial charge in [-0.3, -0.25) is 4.79 Å². The number of hydrogen-bond acceptors (Lipinski definition) is 5. The molecule has 0 fully saturated rings. The quantitative estimate of drug-likeness (QED) is 0.622. The average Bonchev–Trinajstić information content (AvgIpc) is 2.85. The Morgan fingerprint density at radius 3 is 2.91 bits per heavy atom. The number of hydrogen-bond donors (Lipinski definition) is 1. The summed E-state index contributed by atoms with van der Waals surface area (Å²) in [6.45, 7) is 5.12. The highest BCUT2D eigenvalue weighted by molar-refractivity contribution is 7.16. The number of benzene rings is 1. The Morgan fingerprint density at radius 2 is 2.18 bits per heavy atom. The van der Waals surface area contributed by atoms with Crippen LogP contribution in [0.25, 0.3) is 10.2 Å². The lowest BCUT2D eigenvalue weighted by Gasteiger charge is -2.10. The van der Waals surface area contributed by atoms with Crippen molar-refractivity contribution in [2.45, 2.75) is 20.0 Å². The minimum atomic E-state index is -0.566. The van der Waals surface area contributed by atoms with E-state index in [1.165, 1.54) is 11.3 Å². The van der Waals surface area contributed by atoms with E-state index in [0.717, 1.165) is 15.0 Å². The van der Waals surface area contributed by atoms with Gasteiger partial charge in [0.25, 0.3) is 5.91 Å². The summed E-state index contributed by atoms with van der Waals surface area (Å²) < 4.78 is 13.6. The average molecular weight is 323 g/mol. The van der Waals surface area contributed by atoms with Crippen LogP contribution < -0.4 is 10.2 Å². The van der Waals surface area contributed by atoms with Crippen molar-refractivity contribution in [1.29, 1.82) is 0 Å². The molecule has 2 aromatic rings. The second-order valence-corrected chi connectivity index (χ2v) is 5.72. The number of aryl methyl sites for hydroxylation is 1. The maximum absolute atomic E-state index is 11.9. The molecule has 0 saturated heterocycles. The summed E-state index contributed by atoms with van der Waals surface area (Å²) >= 11 is 1.52. The van der Waals surface area contributed by atoms with Gasteiger partial charge < -0.3 is 14.0 Å². The van der Waals surface area contributed by atoms with Crippen molar-refractivity contribution in [2.75, 3.05) is 19.8 Å². The molecule has 1 N–H and O–H groups in total. The molecule has 7 heteroatoms. The highest BCUT2D eigenvalue weighted by Gasteiger charge is 2.12. The van der Waals surface area contributed by atoms with Crippen molar-refractivity contribution in [2.24, 2.45) is 12.1 Å². The number of nitrogens with one attached hydrogen (secondary N) is 1. The first-order valence-corrected chi connectivity index (χ1v) is 8.02. The molecule has 0 bridgehead atoms. The standard InChI is InChI=1S/C15H21N3O3S/c1-4-20-9-10-21-11(2)14(19)16-17-15-18(3)12-7-5-6-8-13(12)22-15/h5-8,11H,4,9-10H2,1-3H3,(H,16,19)/b17-15-. The number of thiazole rings is 1. The van der Waals surface area contributed by atoms with Crippen molar-refractivity contribution in [1.82, 2.24) is 9.99 Å². The Bertz CT molecular complexity index is 693. The van der Waals surface area contributed by atoms with Crippen LogP contribution in [0.5, 0.6) is 0 Å². The normalized spacial score (nSPS) is 13.5. The van der Waals surface area contributed by atoms with Crippen LogP contribution >= 0.6 is 11.3 Å². The summed E-state index contributed by atoms with van der Waals surface area (Å²) in [6.07, 6.45) is -0.566. The van der Waals surface area contributed by atoms with E-state index in [9.17, 15) is 4.79 Å². The lowest BCUT2D eigenvalue weighted by Crippen LogP contribution is -2.33. The van der Waals surface area contributed by atoms with Gasteiger partial charge in [0.15, 0.2) is 0 Å². The molecule has 1 aromatic carbocycles. The molecule has 0 aliphatic heterocycles. The maximum atomic E-state index is 11.9. The fourth-order valence-corrected chi connectivity index (χ4v) is 2.87. The van der Waals surface area contributed by atoms with Gasteiger partial charge in [0.1, 0.15) is 6.10 Å². The topological polar surface area (TPSA) is 64.8 Å². The minimum absolute atomic E-state index is 0.269. The molecule has 1 unspecified atom stereocenters. The molecule has 0 saturated carbocycles. The molecule has 22 heavy (non-hydrogen) atoms. The molecule has 1 heterocycles. The van der Waals surface area contributed by atoms with E-state index in [2.05, 4.69) is 10.5 Å². The molecule has 1 aromatic heterocycles. The van der Waals surface area contributed by atoms with Gasteiger partial charge in [-0.1, -0.05) is 23.5 Å². The first kappa shape index (κ1) is 16.7. The first-order chi connectivity index (χ1) is 10.6. The Labute approximate surface area is 133 Å². The van der Waals surface area contributed by atoms with Gasteiger partial charge in [0.2, 0.25) is 4.80 Å². The Kier molecular flexibility index (Phi) is 6.11. The van der Waals surface area contributed by atoms with Gasteiger partial charge in [0.05, 0.1) is 23.4 Å². The number of carbonyl (C=O) groups excluding carboxylic acids is 1. The SMILES string of the molecule is CCOCCOC(C)C(=O)N/N=c1\sc2ccccc2n1C. The maximum Gasteiger partial charge on any atom is 0.268 e. The molecule has 0 aliphatic carbocycles. The van der Waals surface area contributed by atoms with Crippen LogP contribution in [0.3, 0.4) is 0 Å². The zero-order valence-electron chi connectivity index (χ0n) is 13.0. The molecular formula is C15H21N3O3S. The van der Waals surface area contributed by atoms with E-state index >= 15 is 0 Å². The Morgan fingerprint density at radius 1 is 1.41 bits per heavy atom. The van der Waals surface area contributed by atoms with E-state index in [1.54, 1.807) is 6.92 Å². The van der Waals surface area contributed by atoms with Crippen LogP contribution in [0.4, 0.5) is 0 Å².